The summed E-state index contributed by atoms with van der Waals surface area (Å²) in [7, 11) is -3.61. The smallest absolute Gasteiger partial charge is 0.250 e. The van der Waals surface area contributed by atoms with E-state index in [9.17, 15) is 8.42 Å². The van der Waals surface area contributed by atoms with E-state index < -0.39 is 16.1 Å². The fraction of sp³-hybridized carbons (Fsp3) is 0.333. The summed E-state index contributed by atoms with van der Waals surface area (Å²) in [4.78, 5) is 0. The van der Waals surface area contributed by atoms with Crippen molar-refractivity contribution in [1.29, 1.82) is 0 Å². The minimum absolute atomic E-state index is 0.241. The molecule has 0 radical (unpaired) electrons. The first kappa shape index (κ1) is 14.7. The van der Waals surface area contributed by atoms with Crippen LogP contribution in [-0.4, -0.2) is 26.2 Å². The second-order valence-electron chi connectivity index (χ2n) is 4.36. The third-order valence-electron chi connectivity index (χ3n) is 2.73. The quantitative estimate of drug-likeness (QED) is 0.910. The SMILES string of the molecule is Cc1c(S(=O)(=O)NC(C)CO)sc2ccc(Cl)cc12. The molecule has 1 atom stereocenters. The van der Waals surface area contributed by atoms with Crippen molar-refractivity contribution in [2.24, 2.45) is 0 Å². The van der Waals surface area contributed by atoms with Crippen LogP contribution in [0.25, 0.3) is 10.1 Å². The van der Waals surface area contributed by atoms with Crippen molar-refractivity contribution in [3.63, 3.8) is 0 Å². The van der Waals surface area contributed by atoms with Crippen molar-refractivity contribution in [1.82, 2.24) is 4.72 Å². The van der Waals surface area contributed by atoms with Crippen molar-refractivity contribution < 1.29 is 13.5 Å². The van der Waals surface area contributed by atoms with E-state index in [2.05, 4.69) is 4.72 Å². The predicted molar refractivity (Wildman–Crippen MR) is 78.4 cm³/mol. The number of thiophene rings is 1. The summed E-state index contributed by atoms with van der Waals surface area (Å²) in [5, 5.41) is 10.4. The van der Waals surface area contributed by atoms with Gasteiger partial charge in [-0.3, -0.25) is 0 Å². The molecule has 4 nitrogen and oxygen atoms in total. The van der Waals surface area contributed by atoms with Crippen molar-refractivity contribution in [3.8, 4) is 0 Å². The van der Waals surface area contributed by atoms with Crippen LogP contribution in [0.1, 0.15) is 12.5 Å². The van der Waals surface area contributed by atoms with E-state index in [0.29, 0.717) is 10.6 Å². The Labute approximate surface area is 121 Å². The maximum Gasteiger partial charge on any atom is 0.250 e. The lowest BCUT2D eigenvalue weighted by molar-refractivity contribution is 0.265. The van der Waals surface area contributed by atoms with Gasteiger partial charge in [0.1, 0.15) is 4.21 Å². The number of aliphatic hydroxyl groups is 1. The zero-order chi connectivity index (χ0) is 14.2. The Morgan fingerprint density at radius 1 is 1.47 bits per heavy atom. The molecule has 0 amide bonds. The molecular formula is C12H14ClNO3S2. The fourth-order valence-corrected chi connectivity index (χ4v) is 4.95. The van der Waals surface area contributed by atoms with Crippen LogP contribution < -0.4 is 4.72 Å². The van der Waals surface area contributed by atoms with Gasteiger partial charge in [-0.1, -0.05) is 11.6 Å². The number of fused-ring (bicyclic) bond motifs is 1. The number of rotatable bonds is 4. The molecule has 0 aliphatic heterocycles. The number of halogens is 1. The van der Waals surface area contributed by atoms with Crippen LogP contribution in [0.4, 0.5) is 0 Å². The van der Waals surface area contributed by atoms with Gasteiger partial charge in [-0.25, -0.2) is 13.1 Å². The number of benzene rings is 1. The van der Waals surface area contributed by atoms with Gasteiger partial charge in [0.2, 0.25) is 0 Å². The highest BCUT2D eigenvalue weighted by Crippen LogP contribution is 2.35. The molecule has 0 saturated heterocycles. The summed E-state index contributed by atoms with van der Waals surface area (Å²) in [6, 6.07) is 4.79. The molecule has 0 saturated carbocycles. The van der Waals surface area contributed by atoms with E-state index in [1.165, 1.54) is 11.3 Å². The van der Waals surface area contributed by atoms with Crippen molar-refractivity contribution in [2.75, 3.05) is 6.61 Å². The predicted octanol–water partition coefficient (Wildman–Crippen LogP) is 2.52. The molecule has 2 N–H and O–H groups in total. The molecular weight excluding hydrogens is 306 g/mol. The zero-order valence-corrected chi connectivity index (χ0v) is 12.9. The van der Waals surface area contributed by atoms with Crippen molar-refractivity contribution in [2.45, 2.75) is 24.1 Å². The van der Waals surface area contributed by atoms with Crippen LogP contribution in [0.2, 0.25) is 5.02 Å². The molecule has 0 aliphatic carbocycles. The molecule has 19 heavy (non-hydrogen) atoms. The number of hydrogen-bond acceptors (Lipinski definition) is 4. The standard InChI is InChI=1S/C12H14ClNO3S2/c1-7(6-15)14-19(16,17)12-8(2)10-5-9(13)3-4-11(10)18-12/h3-5,7,14-15H,6H2,1-2H3. The van der Waals surface area contributed by atoms with Gasteiger partial charge in [-0.05, 0) is 43.0 Å². The van der Waals surface area contributed by atoms with Gasteiger partial charge in [0.25, 0.3) is 10.0 Å². The minimum atomic E-state index is -3.61. The van der Waals surface area contributed by atoms with Crippen LogP contribution in [0, 0.1) is 6.92 Å². The van der Waals surface area contributed by atoms with Gasteiger partial charge in [0.15, 0.2) is 0 Å². The Hall–Kier alpha value is -0.660. The molecule has 0 bridgehead atoms. The second kappa shape index (κ2) is 5.38. The molecule has 1 unspecified atom stereocenters. The van der Waals surface area contributed by atoms with E-state index in [1.54, 1.807) is 26.0 Å². The summed E-state index contributed by atoms with van der Waals surface area (Å²) in [6.07, 6.45) is 0. The topological polar surface area (TPSA) is 66.4 Å². The van der Waals surface area contributed by atoms with E-state index in [0.717, 1.165) is 10.1 Å². The van der Waals surface area contributed by atoms with Crippen molar-refractivity contribution in [3.05, 3.63) is 28.8 Å². The summed E-state index contributed by atoms with van der Waals surface area (Å²) in [5.74, 6) is 0. The highest BCUT2D eigenvalue weighted by molar-refractivity contribution is 7.91. The highest BCUT2D eigenvalue weighted by Gasteiger charge is 2.23. The van der Waals surface area contributed by atoms with E-state index in [1.807, 2.05) is 6.07 Å². The second-order valence-corrected chi connectivity index (χ2v) is 7.76. The van der Waals surface area contributed by atoms with Gasteiger partial charge in [0, 0.05) is 15.8 Å². The van der Waals surface area contributed by atoms with Crippen molar-refractivity contribution >= 4 is 43.0 Å². The van der Waals surface area contributed by atoms with Crippen LogP contribution in [-0.2, 0) is 10.0 Å². The molecule has 7 heteroatoms. The summed E-state index contributed by atoms with van der Waals surface area (Å²) >= 11 is 7.13. The van der Waals surface area contributed by atoms with Gasteiger partial charge < -0.3 is 5.11 Å². The Morgan fingerprint density at radius 2 is 2.16 bits per heavy atom. The molecule has 0 aliphatic rings. The molecule has 2 rings (SSSR count). The van der Waals surface area contributed by atoms with Crippen LogP contribution >= 0.6 is 22.9 Å². The number of aryl methyl sites for hydroxylation is 1. The molecule has 104 valence electrons. The number of aliphatic hydroxyl groups excluding tert-OH is 1. The first-order chi connectivity index (χ1) is 8.85. The Kier molecular flexibility index (Phi) is 4.17. The molecule has 1 heterocycles. The zero-order valence-electron chi connectivity index (χ0n) is 10.5. The average molecular weight is 320 g/mol. The lowest BCUT2D eigenvalue weighted by atomic mass is 10.2. The number of hydrogen-bond donors (Lipinski definition) is 2. The third-order valence-corrected chi connectivity index (χ3v) is 6.45. The number of sulfonamides is 1. The van der Waals surface area contributed by atoms with E-state index in [-0.39, 0.29) is 10.8 Å². The Balaban J connectivity index is 2.54. The average Bonchev–Trinajstić information content (AvgIpc) is 2.67. The first-order valence-electron chi connectivity index (χ1n) is 5.67. The minimum Gasteiger partial charge on any atom is -0.395 e. The normalized spacial score (nSPS) is 13.9. The highest BCUT2D eigenvalue weighted by atomic mass is 35.5. The molecule has 1 aromatic heterocycles. The van der Waals surface area contributed by atoms with Crippen LogP contribution in [0.3, 0.4) is 0 Å². The largest absolute Gasteiger partial charge is 0.395 e. The fourth-order valence-electron chi connectivity index (χ4n) is 1.78. The monoisotopic (exact) mass is 319 g/mol. The molecule has 2 aromatic rings. The van der Waals surface area contributed by atoms with Gasteiger partial charge in [-0.15, -0.1) is 11.3 Å². The van der Waals surface area contributed by atoms with E-state index in [4.69, 9.17) is 16.7 Å². The van der Waals surface area contributed by atoms with Gasteiger partial charge >= 0.3 is 0 Å². The van der Waals surface area contributed by atoms with Crippen LogP contribution in [0.5, 0.6) is 0 Å². The van der Waals surface area contributed by atoms with Gasteiger partial charge in [-0.2, -0.15) is 0 Å². The molecule has 0 spiro atoms. The van der Waals surface area contributed by atoms with E-state index >= 15 is 0 Å². The van der Waals surface area contributed by atoms with Crippen LogP contribution in [0.15, 0.2) is 22.4 Å². The molecule has 0 fully saturated rings. The summed E-state index contributed by atoms with van der Waals surface area (Å²) in [6.45, 7) is 3.12. The maximum absolute atomic E-state index is 12.2. The van der Waals surface area contributed by atoms with Gasteiger partial charge in [0.05, 0.1) is 6.61 Å². The first-order valence-corrected chi connectivity index (χ1v) is 8.34. The Bertz CT molecular complexity index is 709. The maximum atomic E-state index is 12.2. The Morgan fingerprint density at radius 3 is 2.79 bits per heavy atom. The summed E-state index contributed by atoms with van der Waals surface area (Å²) in [5.41, 5.74) is 0.681. The lowest BCUT2D eigenvalue weighted by Crippen LogP contribution is -2.34. The molecule has 1 aromatic carbocycles. The lowest BCUT2D eigenvalue weighted by Gasteiger charge is -2.10. The number of nitrogens with one attached hydrogen (secondary N) is 1. The summed E-state index contributed by atoms with van der Waals surface area (Å²) < 4.78 is 28.0. The third kappa shape index (κ3) is 2.93.